The Morgan fingerprint density at radius 2 is 1.94 bits per heavy atom. The number of hydrogen-bond donors (Lipinski definition) is 1. The molecule has 0 bridgehead atoms. The van der Waals surface area contributed by atoms with Crippen LogP contribution in [0.25, 0.3) is 5.82 Å². The molecule has 0 aromatic carbocycles. The van der Waals surface area contributed by atoms with Gasteiger partial charge in [0.15, 0.2) is 5.82 Å². The quantitative estimate of drug-likeness (QED) is 0.890. The molecule has 0 spiro atoms. The molecule has 2 rings (SSSR count). The Labute approximate surface area is 105 Å². The normalized spacial score (nSPS) is 10.6. The molecule has 2 aromatic heterocycles. The zero-order chi connectivity index (χ0) is 12.6. The van der Waals surface area contributed by atoms with Crippen molar-refractivity contribution >= 4 is 17.4 Å². The van der Waals surface area contributed by atoms with Crippen molar-refractivity contribution in [2.45, 2.75) is 20.8 Å². The van der Waals surface area contributed by atoms with Gasteiger partial charge in [0.1, 0.15) is 11.6 Å². The van der Waals surface area contributed by atoms with Crippen LogP contribution in [0.5, 0.6) is 0 Å². The molecule has 0 atom stereocenters. The van der Waals surface area contributed by atoms with Crippen LogP contribution in [-0.4, -0.2) is 26.8 Å². The van der Waals surface area contributed by atoms with Crippen molar-refractivity contribution in [3.8, 4) is 5.82 Å². The summed E-state index contributed by atoms with van der Waals surface area (Å²) in [5.74, 6) is 2.24. The van der Waals surface area contributed by atoms with Gasteiger partial charge in [-0.2, -0.15) is 5.10 Å². The van der Waals surface area contributed by atoms with Gasteiger partial charge in [-0.1, -0.05) is 11.6 Å². The third-order valence-electron chi connectivity index (χ3n) is 2.52. The summed E-state index contributed by atoms with van der Waals surface area (Å²) in [6.45, 7) is 5.66. The molecule has 0 amide bonds. The molecule has 0 saturated carbocycles. The summed E-state index contributed by atoms with van der Waals surface area (Å²) in [7, 11) is 1.83. The fourth-order valence-corrected chi connectivity index (χ4v) is 1.76. The van der Waals surface area contributed by atoms with E-state index in [4.69, 9.17) is 11.6 Å². The Balaban J connectivity index is 2.62. The average Bonchev–Trinajstić information content (AvgIpc) is 2.62. The van der Waals surface area contributed by atoms with Gasteiger partial charge in [-0.05, 0) is 20.8 Å². The van der Waals surface area contributed by atoms with Crippen LogP contribution in [0.15, 0.2) is 6.20 Å². The molecule has 0 aliphatic carbocycles. The second kappa shape index (κ2) is 4.33. The van der Waals surface area contributed by atoms with E-state index in [-0.39, 0.29) is 0 Å². The molecule has 0 fully saturated rings. The van der Waals surface area contributed by atoms with Gasteiger partial charge in [-0.3, -0.25) is 0 Å². The molecule has 5 nitrogen and oxygen atoms in total. The number of anilines is 1. The van der Waals surface area contributed by atoms with Crippen molar-refractivity contribution in [3.05, 3.63) is 28.3 Å². The third-order valence-corrected chi connectivity index (χ3v) is 2.90. The van der Waals surface area contributed by atoms with Crippen molar-refractivity contribution in [3.63, 3.8) is 0 Å². The molecule has 0 aliphatic rings. The highest BCUT2D eigenvalue weighted by Gasteiger charge is 2.12. The van der Waals surface area contributed by atoms with E-state index in [1.165, 1.54) is 0 Å². The van der Waals surface area contributed by atoms with Gasteiger partial charge in [-0.25, -0.2) is 14.6 Å². The number of nitrogens with zero attached hydrogens (tertiary/aromatic N) is 4. The van der Waals surface area contributed by atoms with E-state index < -0.39 is 0 Å². The molecule has 90 valence electrons. The van der Waals surface area contributed by atoms with Crippen molar-refractivity contribution < 1.29 is 0 Å². The topological polar surface area (TPSA) is 55.6 Å². The summed E-state index contributed by atoms with van der Waals surface area (Å²) in [5.41, 5.74) is 1.73. The first-order valence-corrected chi connectivity index (χ1v) is 5.66. The third kappa shape index (κ3) is 2.10. The maximum atomic E-state index is 6.00. The Morgan fingerprint density at radius 1 is 1.24 bits per heavy atom. The maximum absolute atomic E-state index is 6.00. The predicted octanol–water partition coefficient (Wildman–Crippen LogP) is 2.28. The van der Waals surface area contributed by atoms with Crippen LogP contribution in [0.2, 0.25) is 5.02 Å². The number of aryl methyl sites for hydroxylation is 2. The van der Waals surface area contributed by atoms with Gasteiger partial charge in [0, 0.05) is 12.6 Å². The van der Waals surface area contributed by atoms with Crippen LogP contribution in [-0.2, 0) is 0 Å². The standard InChI is InChI=1S/C11H14ClN5/c1-6-10(13-4)14-8(3)15-11(6)17-5-9(12)7(2)16-17/h5H,1-4H3,(H,13,14,15). The predicted molar refractivity (Wildman–Crippen MR) is 67.9 cm³/mol. The average molecular weight is 252 g/mol. The largest absolute Gasteiger partial charge is 0.373 e. The first-order chi connectivity index (χ1) is 8.02. The summed E-state index contributed by atoms with van der Waals surface area (Å²) >= 11 is 6.00. The van der Waals surface area contributed by atoms with Crippen molar-refractivity contribution in [1.29, 1.82) is 0 Å². The van der Waals surface area contributed by atoms with Crippen molar-refractivity contribution in [1.82, 2.24) is 19.7 Å². The van der Waals surface area contributed by atoms with Gasteiger partial charge >= 0.3 is 0 Å². The summed E-state index contributed by atoms with van der Waals surface area (Å²) in [6.07, 6.45) is 1.76. The van der Waals surface area contributed by atoms with E-state index in [2.05, 4.69) is 20.4 Å². The van der Waals surface area contributed by atoms with E-state index in [1.807, 2.05) is 27.8 Å². The molecular weight excluding hydrogens is 238 g/mol. The van der Waals surface area contributed by atoms with Crippen LogP contribution >= 0.6 is 11.6 Å². The minimum absolute atomic E-state index is 0.631. The highest BCUT2D eigenvalue weighted by atomic mass is 35.5. The van der Waals surface area contributed by atoms with Crippen LogP contribution in [0, 0.1) is 20.8 Å². The van der Waals surface area contributed by atoms with E-state index in [1.54, 1.807) is 10.9 Å². The van der Waals surface area contributed by atoms with Gasteiger partial charge in [0.25, 0.3) is 0 Å². The smallest absolute Gasteiger partial charge is 0.162 e. The van der Waals surface area contributed by atoms with Crippen LogP contribution in [0.1, 0.15) is 17.1 Å². The SMILES string of the molecule is CNc1nc(C)nc(-n2cc(Cl)c(C)n2)c1C. The van der Waals surface area contributed by atoms with Crippen LogP contribution in [0.4, 0.5) is 5.82 Å². The summed E-state index contributed by atoms with van der Waals surface area (Å²) in [5, 5.41) is 8.00. The molecular formula is C11H14ClN5. The summed E-state index contributed by atoms with van der Waals surface area (Å²) in [4.78, 5) is 8.71. The van der Waals surface area contributed by atoms with E-state index >= 15 is 0 Å². The van der Waals surface area contributed by atoms with Gasteiger partial charge in [0.2, 0.25) is 0 Å². The molecule has 0 saturated heterocycles. The van der Waals surface area contributed by atoms with Gasteiger partial charge in [0.05, 0.1) is 16.9 Å². The molecule has 2 aromatic rings. The second-order valence-electron chi connectivity index (χ2n) is 3.83. The monoisotopic (exact) mass is 251 g/mol. The Kier molecular flexibility index (Phi) is 3.02. The van der Waals surface area contributed by atoms with Crippen molar-refractivity contribution in [2.24, 2.45) is 0 Å². The summed E-state index contributed by atoms with van der Waals surface area (Å²) < 4.78 is 1.68. The maximum Gasteiger partial charge on any atom is 0.162 e. The van der Waals surface area contributed by atoms with E-state index in [0.29, 0.717) is 10.8 Å². The molecule has 6 heteroatoms. The fourth-order valence-electron chi connectivity index (χ4n) is 1.63. The number of halogens is 1. The molecule has 0 unspecified atom stereocenters. The molecule has 0 aliphatic heterocycles. The molecule has 1 N–H and O–H groups in total. The van der Waals surface area contributed by atoms with Gasteiger partial charge < -0.3 is 5.32 Å². The zero-order valence-electron chi connectivity index (χ0n) is 10.2. The highest BCUT2D eigenvalue weighted by Crippen LogP contribution is 2.21. The lowest BCUT2D eigenvalue weighted by molar-refractivity contribution is 0.808. The summed E-state index contributed by atoms with van der Waals surface area (Å²) in [6, 6.07) is 0. The highest BCUT2D eigenvalue weighted by molar-refractivity contribution is 6.31. The lowest BCUT2D eigenvalue weighted by Gasteiger charge is -2.10. The van der Waals surface area contributed by atoms with E-state index in [9.17, 15) is 0 Å². The van der Waals surface area contributed by atoms with Crippen molar-refractivity contribution in [2.75, 3.05) is 12.4 Å². The Morgan fingerprint density at radius 3 is 2.47 bits per heavy atom. The van der Waals surface area contributed by atoms with E-state index in [0.717, 1.165) is 22.9 Å². The number of hydrogen-bond acceptors (Lipinski definition) is 4. The minimum atomic E-state index is 0.631. The number of rotatable bonds is 2. The minimum Gasteiger partial charge on any atom is -0.373 e. The van der Waals surface area contributed by atoms with Crippen LogP contribution < -0.4 is 5.32 Å². The van der Waals surface area contributed by atoms with Gasteiger partial charge in [-0.15, -0.1) is 0 Å². The molecule has 2 heterocycles. The lowest BCUT2D eigenvalue weighted by atomic mass is 10.3. The van der Waals surface area contributed by atoms with Crippen LogP contribution in [0.3, 0.4) is 0 Å². The second-order valence-corrected chi connectivity index (χ2v) is 4.23. The number of aromatic nitrogens is 4. The lowest BCUT2D eigenvalue weighted by Crippen LogP contribution is -2.08. The molecule has 17 heavy (non-hydrogen) atoms. The fraction of sp³-hybridized carbons (Fsp3) is 0.364. The zero-order valence-corrected chi connectivity index (χ0v) is 11.0. The number of nitrogens with one attached hydrogen (secondary N) is 1. The Hall–Kier alpha value is -1.62. The first-order valence-electron chi connectivity index (χ1n) is 5.28. The first kappa shape index (κ1) is 11.9. The molecule has 0 radical (unpaired) electrons. The Bertz CT molecular complexity index is 542.